The maximum absolute atomic E-state index is 13.2. The van der Waals surface area contributed by atoms with Gasteiger partial charge in [-0.1, -0.05) is 54.6 Å². The third kappa shape index (κ3) is 4.34. The molecule has 3 aromatic carbocycles. The van der Waals surface area contributed by atoms with Gasteiger partial charge in [0.2, 0.25) is 5.69 Å². The molecule has 1 amide bonds. The molecule has 0 fully saturated rings. The number of nitrogens with zero attached hydrogens (tertiary/aromatic N) is 3. The molecule has 4 aromatic rings. The Labute approximate surface area is 183 Å². The highest BCUT2D eigenvalue weighted by Gasteiger charge is 2.21. The van der Waals surface area contributed by atoms with E-state index >= 15 is 0 Å². The number of amides is 1. The van der Waals surface area contributed by atoms with Gasteiger partial charge in [0.15, 0.2) is 0 Å². The maximum atomic E-state index is 13.2. The number of para-hydroxylation sites is 1. The van der Waals surface area contributed by atoms with Crippen LogP contribution >= 0.6 is 0 Å². The third-order valence-electron chi connectivity index (χ3n) is 4.79. The van der Waals surface area contributed by atoms with E-state index in [1.54, 1.807) is 60.7 Å². The van der Waals surface area contributed by atoms with E-state index in [1.165, 1.54) is 7.11 Å². The summed E-state index contributed by atoms with van der Waals surface area (Å²) < 4.78 is 7.27. The fourth-order valence-corrected chi connectivity index (χ4v) is 3.18. The third-order valence-corrected chi connectivity index (χ3v) is 4.79. The minimum atomic E-state index is -0.772. The Kier molecular flexibility index (Phi) is 5.94. The molecule has 32 heavy (non-hydrogen) atoms. The highest BCUT2D eigenvalue weighted by molar-refractivity contribution is 6.02. The number of hydrogen-bond donors (Lipinski definition) is 1. The van der Waals surface area contributed by atoms with Crippen molar-refractivity contribution < 1.29 is 9.53 Å². The molecule has 0 bridgehead atoms. The lowest BCUT2D eigenvalue weighted by Crippen LogP contribution is -2.45. The van der Waals surface area contributed by atoms with Gasteiger partial charge in [-0.3, -0.25) is 14.2 Å². The molecule has 0 unspecified atom stereocenters. The normalized spacial score (nSPS) is 10.5. The van der Waals surface area contributed by atoms with Crippen molar-refractivity contribution in [3.8, 4) is 11.4 Å². The first kappa shape index (κ1) is 20.8. The van der Waals surface area contributed by atoms with Crippen LogP contribution in [0.25, 0.3) is 5.69 Å². The Morgan fingerprint density at radius 1 is 0.938 bits per heavy atom. The summed E-state index contributed by atoms with van der Waals surface area (Å²) in [7, 11) is 1.50. The largest absolute Gasteiger partial charge is 0.497 e. The molecule has 0 aliphatic carbocycles. The van der Waals surface area contributed by atoms with Crippen LogP contribution in [0.1, 0.15) is 16.1 Å². The van der Waals surface area contributed by atoms with Crippen LogP contribution in [-0.2, 0) is 6.54 Å². The molecule has 8 heteroatoms. The standard InChI is InChI=1S/C24H20N4O4/c1-32-20-14-8-13-19(15-20)28-24(31)27(16-17-9-4-2-5-10-17)23(30)21(26-28)22(29)25-18-11-6-3-7-12-18/h2-15H,16H2,1H3,(H,25,29). The van der Waals surface area contributed by atoms with Crippen LogP contribution in [0.15, 0.2) is 94.5 Å². The van der Waals surface area contributed by atoms with E-state index in [-0.39, 0.29) is 6.54 Å². The van der Waals surface area contributed by atoms with Gasteiger partial charge in [-0.2, -0.15) is 9.78 Å². The Hall–Kier alpha value is -4.46. The van der Waals surface area contributed by atoms with Gasteiger partial charge in [-0.25, -0.2) is 4.79 Å². The molecule has 0 aliphatic heterocycles. The van der Waals surface area contributed by atoms with Crippen LogP contribution in [-0.4, -0.2) is 27.4 Å². The van der Waals surface area contributed by atoms with Crippen LogP contribution in [0.4, 0.5) is 5.69 Å². The summed E-state index contributed by atoms with van der Waals surface area (Å²) in [6, 6.07) is 24.4. The Bertz CT molecular complexity index is 1360. The minimum Gasteiger partial charge on any atom is -0.497 e. The van der Waals surface area contributed by atoms with E-state index < -0.39 is 22.9 Å². The predicted octanol–water partition coefficient (Wildman–Crippen LogP) is 2.70. The van der Waals surface area contributed by atoms with Gasteiger partial charge in [-0.05, 0) is 29.8 Å². The van der Waals surface area contributed by atoms with E-state index in [0.717, 1.165) is 14.8 Å². The molecule has 1 aromatic heterocycles. The second-order valence-electron chi connectivity index (χ2n) is 6.94. The average Bonchev–Trinajstić information content (AvgIpc) is 2.83. The summed E-state index contributed by atoms with van der Waals surface area (Å²) in [5, 5.41) is 6.78. The summed E-state index contributed by atoms with van der Waals surface area (Å²) in [6.07, 6.45) is 0. The van der Waals surface area contributed by atoms with Gasteiger partial charge in [0.05, 0.1) is 19.3 Å². The lowest BCUT2D eigenvalue weighted by atomic mass is 10.2. The molecule has 0 saturated carbocycles. The molecule has 0 atom stereocenters. The van der Waals surface area contributed by atoms with Crippen molar-refractivity contribution in [1.29, 1.82) is 0 Å². The monoisotopic (exact) mass is 428 g/mol. The van der Waals surface area contributed by atoms with Crippen LogP contribution < -0.4 is 21.3 Å². The molecule has 160 valence electrons. The quantitative estimate of drug-likeness (QED) is 0.510. The molecule has 0 aliphatic rings. The van der Waals surface area contributed by atoms with Crippen molar-refractivity contribution >= 4 is 11.6 Å². The average molecular weight is 428 g/mol. The lowest BCUT2D eigenvalue weighted by molar-refractivity contribution is 0.101. The highest BCUT2D eigenvalue weighted by atomic mass is 16.5. The van der Waals surface area contributed by atoms with Crippen LogP contribution in [0, 0.1) is 0 Å². The first-order valence-corrected chi connectivity index (χ1v) is 9.86. The minimum absolute atomic E-state index is 0.00336. The van der Waals surface area contributed by atoms with E-state index in [1.807, 2.05) is 24.3 Å². The number of rotatable bonds is 6. The lowest BCUT2D eigenvalue weighted by Gasteiger charge is -2.13. The zero-order chi connectivity index (χ0) is 22.5. The number of carbonyl (C=O) groups is 1. The molecule has 4 rings (SSSR count). The fraction of sp³-hybridized carbons (Fsp3) is 0.0833. The number of methoxy groups -OCH3 is 1. The summed E-state index contributed by atoms with van der Waals surface area (Å²) >= 11 is 0. The SMILES string of the molecule is COc1cccc(-n2nc(C(=O)Nc3ccccc3)c(=O)n(Cc3ccccc3)c2=O)c1. The number of carbonyl (C=O) groups excluding carboxylic acids is 1. The second-order valence-corrected chi connectivity index (χ2v) is 6.94. The molecular weight excluding hydrogens is 408 g/mol. The number of anilines is 1. The molecule has 1 heterocycles. The van der Waals surface area contributed by atoms with E-state index in [2.05, 4.69) is 10.4 Å². The summed E-state index contributed by atoms with van der Waals surface area (Å²) in [5.41, 5.74) is -0.219. The smallest absolute Gasteiger partial charge is 0.352 e. The topological polar surface area (TPSA) is 95.2 Å². The summed E-state index contributed by atoms with van der Waals surface area (Å²) in [5.74, 6) is -0.202. The van der Waals surface area contributed by atoms with Crippen molar-refractivity contribution in [3.05, 3.63) is 117 Å². The number of aromatic nitrogens is 3. The number of hydrogen-bond acceptors (Lipinski definition) is 5. The van der Waals surface area contributed by atoms with Crippen molar-refractivity contribution in [2.45, 2.75) is 6.54 Å². The molecule has 8 nitrogen and oxygen atoms in total. The Balaban J connectivity index is 1.86. The number of benzene rings is 3. The van der Waals surface area contributed by atoms with Crippen molar-refractivity contribution in [2.24, 2.45) is 0 Å². The zero-order valence-corrected chi connectivity index (χ0v) is 17.3. The van der Waals surface area contributed by atoms with Gasteiger partial charge < -0.3 is 10.1 Å². The Morgan fingerprint density at radius 2 is 1.62 bits per heavy atom. The number of nitrogens with one attached hydrogen (secondary N) is 1. The summed E-state index contributed by atoms with van der Waals surface area (Å²) in [6.45, 7) is -0.00336. The van der Waals surface area contributed by atoms with Gasteiger partial charge >= 0.3 is 5.69 Å². The molecule has 0 radical (unpaired) electrons. The maximum Gasteiger partial charge on any atom is 0.352 e. The van der Waals surface area contributed by atoms with Crippen LogP contribution in [0.3, 0.4) is 0 Å². The highest BCUT2D eigenvalue weighted by Crippen LogP contribution is 2.14. The van der Waals surface area contributed by atoms with E-state index in [9.17, 15) is 14.4 Å². The van der Waals surface area contributed by atoms with Crippen LogP contribution in [0.2, 0.25) is 0 Å². The summed E-state index contributed by atoms with van der Waals surface area (Å²) in [4.78, 5) is 39.3. The van der Waals surface area contributed by atoms with E-state index in [4.69, 9.17) is 4.74 Å². The second kappa shape index (κ2) is 9.13. The molecule has 1 N–H and O–H groups in total. The first-order valence-electron chi connectivity index (χ1n) is 9.86. The molecule has 0 spiro atoms. The van der Waals surface area contributed by atoms with Crippen LogP contribution in [0.5, 0.6) is 5.75 Å². The van der Waals surface area contributed by atoms with Gasteiger partial charge in [-0.15, -0.1) is 0 Å². The van der Waals surface area contributed by atoms with Gasteiger partial charge in [0.25, 0.3) is 11.5 Å². The van der Waals surface area contributed by atoms with Gasteiger partial charge in [0, 0.05) is 11.8 Å². The van der Waals surface area contributed by atoms with E-state index in [0.29, 0.717) is 17.1 Å². The van der Waals surface area contributed by atoms with Crippen molar-refractivity contribution in [2.75, 3.05) is 12.4 Å². The molecule has 0 saturated heterocycles. The molecular formula is C24H20N4O4. The van der Waals surface area contributed by atoms with Crippen molar-refractivity contribution in [1.82, 2.24) is 14.3 Å². The van der Waals surface area contributed by atoms with Gasteiger partial charge in [0.1, 0.15) is 5.75 Å². The number of ether oxygens (including phenoxy) is 1. The fourth-order valence-electron chi connectivity index (χ4n) is 3.18. The zero-order valence-electron chi connectivity index (χ0n) is 17.3. The van der Waals surface area contributed by atoms with Crippen molar-refractivity contribution in [3.63, 3.8) is 0 Å². The first-order chi connectivity index (χ1) is 15.6. The Morgan fingerprint density at radius 3 is 2.31 bits per heavy atom. The predicted molar refractivity (Wildman–Crippen MR) is 121 cm³/mol.